The number of phenolic OH excluding ortho intramolecular Hbond substituents is 1. The van der Waals surface area contributed by atoms with E-state index in [9.17, 15) is 9.90 Å². The lowest BCUT2D eigenvalue weighted by molar-refractivity contribution is 0.0984. The number of benzene rings is 2. The van der Waals surface area contributed by atoms with Gasteiger partial charge in [-0.3, -0.25) is 4.79 Å². The number of hydrogen-bond acceptors (Lipinski definition) is 3. The van der Waals surface area contributed by atoms with Crippen LogP contribution in [0.15, 0.2) is 42.5 Å². The summed E-state index contributed by atoms with van der Waals surface area (Å²) in [6.07, 6.45) is 0.757. The van der Waals surface area contributed by atoms with Gasteiger partial charge in [0.25, 0.3) is 5.91 Å². The first-order valence-corrected chi connectivity index (χ1v) is 7.01. The molecule has 0 aromatic heterocycles. The number of anilines is 1. The highest BCUT2D eigenvalue weighted by atomic mass is 16.5. The summed E-state index contributed by atoms with van der Waals surface area (Å²) in [5, 5.41) is 10.1. The Kier molecular flexibility index (Phi) is 3.52. The fourth-order valence-corrected chi connectivity index (χ4v) is 2.52. The smallest absolute Gasteiger partial charge is 0.262 e. The molecule has 0 saturated heterocycles. The highest BCUT2D eigenvalue weighted by Crippen LogP contribution is 2.33. The van der Waals surface area contributed by atoms with E-state index in [-0.39, 0.29) is 11.7 Å². The molecule has 0 saturated carbocycles. The van der Waals surface area contributed by atoms with Crippen LogP contribution in [0.1, 0.15) is 22.3 Å². The Bertz CT molecular complexity index is 681. The van der Waals surface area contributed by atoms with Gasteiger partial charge in [0, 0.05) is 6.54 Å². The molecule has 1 amide bonds. The lowest BCUT2D eigenvalue weighted by atomic mass is 10.1. The molecule has 21 heavy (non-hydrogen) atoms. The van der Waals surface area contributed by atoms with Gasteiger partial charge < -0.3 is 14.7 Å². The summed E-state index contributed by atoms with van der Waals surface area (Å²) in [5.41, 5.74) is 1.77. The van der Waals surface area contributed by atoms with Crippen molar-refractivity contribution in [3.05, 3.63) is 53.6 Å². The van der Waals surface area contributed by atoms with Crippen LogP contribution in [-0.4, -0.2) is 24.2 Å². The Morgan fingerprint density at radius 2 is 2.00 bits per heavy atom. The van der Waals surface area contributed by atoms with E-state index < -0.39 is 0 Å². The number of phenols is 1. The quantitative estimate of drug-likeness (QED) is 0.874. The van der Waals surface area contributed by atoms with Crippen LogP contribution in [0.3, 0.4) is 0 Å². The van der Waals surface area contributed by atoms with Crippen molar-refractivity contribution < 1.29 is 14.6 Å². The van der Waals surface area contributed by atoms with Crippen LogP contribution in [-0.2, 0) is 0 Å². The Labute approximate surface area is 123 Å². The number of carbonyl (C=O) groups is 1. The van der Waals surface area contributed by atoms with Crippen LogP contribution < -0.4 is 9.64 Å². The summed E-state index contributed by atoms with van der Waals surface area (Å²) >= 11 is 0. The van der Waals surface area contributed by atoms with Crippen molar-refractivity contribution in [1.29, 1.82) is 0 Å². The van der Waals surface area contributed by atoms with Crippen molar-refractivity contribution in [3.63, 3.8) is 0 Å². The summed E-state index contributed by atoms with van der Waals surface area (Å²) in [6, 6.07) is 12.7. The molecule has 0 bridgehead atoms. The van der Waals surface area contributed by atoms with E-state index in [1.807, 2.05) is 24.3 Å². The maximum atomic E-state index is 12.8. The van der Waals surface area contributed by atoms with Gasteiger partial charge in [-0.1, -0.05) is 24.3 Å². The molecule has 1 N–H and O–H groups in total. The minimum absolute atomic E-state index is 0.0464. The molecule has 1 heterocycles. The number of ether oxygens (including phenoxy) is 1. The third-order valence-corrected chi connectivity index (χ3v) is 3.65. The van der Waals surface area contributed by atoms with E-state index in [0.29, 0.717) is 30.0 Å². The van der Waals surface area contributed by atoms with E-state index in [2.05, 4.69) is 0 Å². The van der Waals surface area contributed by atoms with Crippen LogP contribution >= 0.6 is 0 Å². The fraction of sp³-hybridized carbons (Fsp3) is 0.235. The minimum Gasteiger partial charge on any atom is -0.507 e. The lowest BCUT2D eigenvalue weighted by Gasteiger charge is -2.22. The maximum absolute atomic E-state index is 12.8. The normalized spacial score (nSPS) is 14.0. The van der Waals surface area contributed by atoms with Crippen LogP contribution in [0.2, 0.25) is 0 Å². The SMILES string of the molecule is Cc1cccc(C(=O)N2CCCOc3ccccc32)c1O. The van der Waals surface area contributed by atoms with Crippen LogP contribution in [0, 0.1) is 6.92 Å². The van der Waals surface area contributed by atoms with Gasteiger partial charge in [-0.2, -0.15) is 0 Å². The molecule has 0 atom stereocenters. The predicted molar refractivity (Wildman–Crippen MR) is 81.1 cm³/mol. The molecule has 4 heteroatoms. The largest absolute Gasteiger partial charge is 0.507 e. The maximum Gasteiger partial charge on any atom is 0.262 e. The third kappa shape index (κ3) is 2.44. The Morgan fingerprint density at radius 3 is 2.86 bits per heavy atom. The van der Waals surface area contributed by atoms with Crippen molar-refractivity contribution in [2.75, 3.05) is 18.1 Å². The van der Waals surface area contributed by atoms with Gasteiger partial charge in [0.1, 0.15) is 11.5 Å². The predicted octanol–water partition coefficient (Wildman–Crippen LogP) is 3.13. The van der Waals surface area contributed by atoms with Gasteiger partial charge in [-0.15, -0.1) is 0 Å². The van der Waals surface area contributed by atoms with Gasteiger partial charge in [0.05, 0.1) is 17.9 Å². The van der Waals surface area contributed by atoms with Crippen molar-refractivity contribution in [2.24, 2.45) is 0 Å². The summed E-state index contributed by atoms with van der Waals surface area (Å²) in [6.45, 7) is 2.94. The molecule has 1 aliphatic rings. The average molecular weight is 283 g/mol. The van der Waals surface area contributed by atoms with Gasteiger partial charge in [-0.25, -0.2) is 0 Å². The number of fused-ring (bicyclic) bond motifs is 1. The molecule has 108 valence electrons. The van der Waals surface area contributed by atoms with Crippen molar-refractivity contribution in [3.8, 4) is 11.5 Å². The lowest BCUT2D eigenvalue weighted by Crippen LogP contribution is -2.31. The summed E-state index contributed by atoms with van der Waals surface area (Å²) in [4.78, 5) is 14.5. The molecule has 0 unspecified atom stereocenters. The number of hydrogen-bond donors (Lipinski definition) is 1. The average Bonchev–Trinajstić information content (AvgIpc) is 2.72. The molecular formula is C17H17NO3. The molecule has 0 aliphatic carbocycles. The Balaban J connectivity index is 2.03. The van der Waals surface area contributed by atoms with Crippen LogP contribution in [0.25, 0.3) is 0 Å². The number of aryl methyl sites for hydroxylation is 1. The summed E-state index contributed by atoms with van der Waals surface area (Å²) < 4.78 is 5.66. The summed E-state index contributed by atoms with van der Waals surface area (Å²) in [7, 11) is 0. The highest BCUT2D eigenvalue weighted by Gasteiger charge is 2.25. The number of rotatable bonds is 1. The second-order valence-corrected chi connectivity index (χ2v) is 5.10. The molecule has 2 aromatic rings. The minimum atomic E-state index is -0.200. The molecule has 4 nitrogen and oxygen atoms in total. The zero-order valence-electron chi connectivity index (χ0n) is 11.9. The van der Waals surface area contributed by atoms with Crippen LogP contribution in [0.5, 0.6) is 11.5 Å². The first-order valence-electron chi connectivity index (χ1n) is 7.01. The highest BCUT2D eigenvalue weighted by molar-refractivity contribution is 6.08. The molecule has 2 aromatic carbocycles. The molecule has 0 fully saturated rings. The molecular weight excluding hydrogens is 266 g/mol. The van der Waals surface area contributed by atoms with Gasteiger partial charge in [0.2, 0.25) is 0 Å². The van der Waals surface area contributed by atoms with E-state index in [1.54, 1.807) is 30.0 Å². The van der Waals surface area contributed by atoms with Crippen LogP contribution in [0.4, 0.5) is 5.69 Å². The van der Waals surface area contributed by atoms with Crippen molar-refractivity contribution in [2.45, 2.75) is 13.3 Å². The monoisotopic (exact) mass is 283 g/mol. The summed E-state index contributed by atoms with van der Waals surface area (Å²) in [5.74, 6) is 0.551. The first kappa shape index (κ1) is 13.5. The topological polar surface area (TPSA) is 49.8 Å². The third-order valence-electron chi connectivity index (χ3n) is 3.65. The van der Waals surface area contributed by atoms with Gasteiger partial charge in [0.15, 0.2) is 0 Å². The molecule has 1 aliphatic heterocycles. The Morgan fingerprint density at radius 1 is 1.19 bits per heavy atom. The zero-order chi connectivity index (χ0) is 14.8. The van der Waals surface area contributed by atoms with E-state index in [1.165, 1.54) is 0 Å². The molecule has 0 radical (unpaired) electrons. The molecule has 0 spiro atoms. The van der Waals surface area contributed by atoms with Crippen molar-refractivity contribution in [1.82, 2.24) is 0 Å². The number of para-hydroxylation sites is 3. The van der Waals surface area contributed by atoms with Gasteiger partial charge >= 0.3 is 0 Å². The first-order chi connectivity index (χ1) is 10.2. The number of carbonyl (C=O) groups excluding carboxylic acids is 1. The zero-order valence-corrected chi connectivity index (χ0v) is 11.9. The molecule has 3 rings (SSSR count). The van der Waals surface area contributed by atoms with E-state index >= 15 is 0 Å². The van der Waals surface area contributed by atoms with E-state index in [0.717, 1.165) is 12.1 Å². The standard InChI is InChI=1S/C17H17NO3/c1-12-6-4-7-13(16(12)19)17(20)18-10-5-11-21-15-9-3-2-8-14(15)18/h2-4,6-9,19H,5,10-11H2,1H3. The van der Waals surface area contributed by atoms with Gasteiger partial charge in [-0.05, 0) is 37.1 Å². The Hall–Kier alpha value is -2.49. The van der Waals surface area contributed by atoms with Crippen molar-refractivity contribution >= 4 is 11.6 Å². The fourth-order valence-electron chi connectivity index (χ4n) is 2.52. The number of amides is 1. The second-order valence-electron chi connectivity index (χ2n) is 5.10. The van der Waals surface area contributed by atoms with E-state index in [4.69, 9.17) is 4.74 Å². The second kappa shape index (κ2) is 5.48. The number of nitrogens with zero attached hydrogens (tertiary/aromatic N) is 1. The number of aromatic hydroxyl groups is 1.